The number of fused-ring (bicyclic) bond motifs is 3. The van der Waals surface area contributed by atoms with Gasteiger partial charge in [-0.05, 0) is 25.2 Å². The van der Waals surface area contributed by atoms with Crippen LogP contribution in [-0.4, -0.2) is 63.0 Å². The maximum atomic E-state index is 12.2. The zero-order valence-electron chi connectivity index (χ0n) is 19.1. The van der Waals surface area contributed by atoms with Crippen LogP contribution in [0.5, 0.6) is 0 Å². The average Bonchev–Trinajstić information content (AvgIpc) is 3.58. The Morgan fingerprint density at radius 1 is 1.29 bits per heavy atom. The number of nitrogens with zero attached hydrogens (tertiary/aromatic N) is 5. The van der Waals surface area contributed by atoms with Crippen molar-refractivity contribution in [3.8, 4) is 11.4 Å². The summed E-state index contributed by atoms with van der Waals surface area (Å²) < 4.78 is 7.43. The number of nitrogens with one attached hydrogen (secondary N) is 2. The molecule has 4 heterocycles. The number of rotatable bonds is 5. The summed E-state index contributed by atoms with van der Waals surface area (Å²) in [4.78, 5) is 27.2. The molecule has 3 aromatic heterocycles. The number of hydrogen-bond donors (Lipinski definition) is 3. The van der Waals surface area contributed by atoms with Gasteiger partial charge in [0.25, 0.3) is 0 Å². The Labute approximate surface area is 201 Å². The normalized spacial score (nSPS) is 26.0. The lowest BCUT2D eigenvalue weighted by Crippen LogP contribution is -2.41. The van der Waals surface area contributed by atoms with E-state index in [0.717, 1.165) is 36.6 Å². The minimum Gasteiger partial charge on any atom is -0.378 e. The zero-order valence-corrected chi connectivity index (χ0v) is 19.8. The Bertz CT molecular complexity index is 1310. The van der Waals surface area contributed by atoms with E-state index in [-0.39, 0.29) is 29.7 Å². The maximum Gasteiger partial charge on any atom is 0.223 e. The molecule has 0 aromatic carbocycles. The smallest absolute Gasteiger partial charge is 0.223 e. The molecule has 3 aromatic rings. The van der Waals surface area contributed by atoms with Crippen molar-refractivity contribution in [3.63, 3.8) is 0 Å². The van der Waals surface area contributed by atoms with Gasteiger partial charge in [-0.3, -0.25) is 9.48 Å². The minimum atomic E-state index is -0.290. The number of carbonyl (C=O) groups is 1. The first-order valence-electron chi connectivity index (χ1n) is 11.6. The third-order valence-electron chi connectivity index (χ3n) is 7.31. The van der Waals surface area contributed by atoms with Crippen molar-refractivity contribution in [2.45, 2.75) is 19.4 Å². The molecule has 2 fully saturated rings. The Hall–Kier alpha value is -3.11. The second-order valence-electron chi connectivity index (χ2n) is 9.32. The highest BCUT2D eigenvalue weighted by Gasteiger charge is 2.47. The molecule has 6 rings (SSSR count). The number of imidazole rings is 1. The maximum absolute atomic E-state index is 12.2. The van der Waals surface area contributed by atoms with Crippen molar-refractivity contribution in [2.75, 3.05) is 36.5 Å². The van der Waals surface area contributed by atoms with Gasteiger partial charge in [0.15, 0.2) is 5.65 Å². The molecule has 4 atom stereocenters. The van der Waals surface area contributed by atoms with Crippen molar-refractivity contribution in [1.82, 2.24) is 24.7 Å². The minimum absolute atomic E-state index is 0.119. The molecule has 1 aliphatic heterocycles. The average molecular weight is 483 g/mol. The van der Waals surface area contributed by atoms with Crippen LogP contribution in [0.3, 0.4) is 0 Å². The van der Waals surface area contributed by atoms with Gasteiger partial charge in [-0.1, -0.05) is 23.8 Å². The lowest BCUT2D eigenvalue weighted by molar-refractivity contribution is -0.122. The van der Waals surface area contributed by atoms with Crippen LogP contribution in [0, 0.1) is 24.7 Å². The number of ether oxygens (including phenoxy) is 1. The molecule has 1 saturated carbocycles. The van der Waals surface area contributed by atoms with Gasteiger partial charge in [0.05, 0.1) is 47.3 Å². The zero-order chi connectivity index (χ0) is 23.6. The van der Waals surface area contributed by atoms with E-state index in [4.69, 9.17) is 27.1 Å². The van der Waals surface area contributed by atoms with E-state index in [1.165, 1.54) is 0 Å². The summed E-state index contributed by atoms with van der Waals surface area (Å²) in [7, 11) is 1.94. The highest BCUT2D eigenvalue weighted by molar-refractivity contribution is 6.34. The lowest BCUT2D eigenvalue weighted by atomic mass is 9.88. The van der Waals surface area contributed by atoms with E-state index < -0.39 is 0 Å². The first-order chi connectivity index (χ1) is 16.4. The molecule has 0 radical (unpaired) electrons. The molecular formula is C23H27ClN8O2. The highest BCUT2D eigenvalue weighted by Crippen LogP contribution is 2.46. The summed E-state index contributed by atoms with van der Waals surface area (Å²) >= 11 is 6.61. The van der Waals surface area contributed by atoms with Crippen molar-refractivity contribution in [3.05, 3.63) is 29.1 Å². The number of allylic oxidation sites excluding steroid dienone is 1. The monoisotopic (exact) mass is 482 g/mol. The van der Waals surface area contributed by atoms with Gasteiger partial charge in [-0.2, -0.15) is 5.10 Å². The van der Waals surface area contributed by atoms with Crippen LogP contribution in [0.1, 0.15) is 12.1 Å². The van der Waals surface area contributed by atoms with Crippen LogP contribution >= 0.6 is 11.6 Å². The van der Waals surface area contributed by atoms with E-state index in [0.29, 0.717) is 40.9 Å². The van der Waals surface area contributed by atoms with E-state index in [1.54, 1.807) is 6.20 Å². The Balaban J connectivity index is 1.42. The molecule has 2 aliphatic carbocycles. The van der Waals surface area contributed by atoms with Gasteiger partial charge in [0, 0.05) is 26.2 Å². The molecule has 178 valence electrons. The first kappa shape index (κ1) is 21.4. The largest absolute Gasteiger partial charge is 0.378 e. The molecule has 2 bridgehead atoms. The summed E-state index contributed by atoms with van der Waals surface area (Å²) in [5.74, 6) is 1.51. The topological polar surface area (TPSA) is 127 Å². The number of carbonyl (C=O) groups excluding carboxylic acids is 1. The van der Waals surface area contributed by atoms with Crippen LogP contribution < -0.4 is 16.0 Å². The van der Waals surface area contributed by atoms with Crippen molar-refractivity contribution in [2.24, 2.45) is 30.5 Å². The fraction of sp³-hybridized carbons (Fsp3) is 0.478. The van der Waals surface area contributed by atoms with Crippen LogP contribution in [-0.2, 0) is 16.6 Å². The predicted octanol–water partition coefficient (Wildman–Crippen LogP) is 2.24. The number of halogens is 1. The first-order valence-corrected chi connectivity index (χ1v) is 11.9. The van der Waals surface area contributed by atoms with Crippen molar-refractivity contribution >= 4 is 40.2 Å². The molecule has 3 aliphatic rings. The van der Waals surface area contributed by atoms with Crippen LogP contribution in [0.2, 0.25) is 5.02 Å². The number of H-pyrrole nitrogens is 1. The quantitative estimate of drug-likeness (QED) is 0.476. The number of hydrogen-bond acceptors (Lipinski definition) is 7. The number of morpholine rings is 1. The van der Waals surface area contributed by atoms with Crippen LogP contribution in [0.15, 0.2) is 18.3 Å². The molecular weight excluding hydrogens is 456 g/mol. The lowest BCUT2D eigenvalue weighted by Gasteiger charge is -2.29. The number of aryl methyl sites for hydroxylation is 2. The highest BCUT2D eigenvalue weighted by atomic mass is 35.5. The summed E-state index contributed by atoms with van der Waals surface area (Å²) in [6, 6.07) is -0.119. The van der Waals surface area contributed by atoms with Gasteiger partial charge in [-0.15, -0.1) is 0 Å². The van der Waals surface area contributed by atoms with Gasteiger partial charge in [-0.25, -0.2) is 9.97 Å². The summed E-state index contributed by atoms with van der Waals surface area (Å²) in [6.07, 6.45) is 6.79. The summed E-state index contributed by atoms with van der Waals surface area (Å²) in [5, 5.41) is 8.67. The van der Waals surface area contributed by atoms with Crippen molar-refractivity contribution in [1.29, 1.82) is 0 Å². The van der Waals surface area contributed by atoms with Gasteiger partial charge < -0.3 is 25.7 Å². The number of amides is 1. The number of primary amides is 1. The summed E-state index contributed by atoms with van der Waals surface area (Å²) in [6.45, 7) is 4.90. The molecule has 0 unspecified atom stereocenters. The Kier molecular flexibility index (Phi) is 5.03. The molecule has 1 amide bonds. The molecule has 10 nitrogen and oxygen atoms in total. The fourth-order valence-corrected chi connectivity index (χ4v) is 6.03. The molecule has 4 N–H and O–H groups in total. The molecule has 1 saturated heterocycles. The molecule has 0 spiro atoms. The number of aromatic nitrogens is 5. The summed E-state index contributed by atoms with van der Waals surface area (Å²) in [5.41, 5.74) is 9.51. The number of pyridine rings is 1. The van der Waals surface area contributed by atoms with E-state index >= 15 is 0 Å². The van der Waals surface area contributed by atoms with E-state index in [2.05, 4.69) is 37.4 Å². The van der Waals surface area contributed by atoms with E-state index in [9.17, 15) is 4.79 Å². The molecule has 34 heavy (non-hydrogen) atoms. The SMILES string of the molecule is Cc1nn(C)c(N2CCOCC2)c1-c1nc2ncc(Cl)c(N[C@H]3[C@@H](C(N)=O)[C@@H]4C=C[C@H]3C4)c2[nH]1. The van der Waals surface area contributed by atoms with Gasteiger partial charge in [0.1, 0.15) is 17.2 Å². The van der Waals surface area contributed by atoms with Crippen LogP contribution in [0.25, 0.3) is 22.6 Å². The number of nitrogens with two attached hydrogens (primary N) is 1. The second-order valence-corrected chi connectivity index (χ2v) is 9.73. The number of anilines is 2. The predicted molar refractivity (Wildman–Crippen MR) is 130 cm³/mol. The number of aromatic amines is 1. The van der Waals surface area contributed by atoms with E-state index in [1.807, 2.05) is 18.7 Å². The third-order valence-corrected chi connectivity index (χ3v) is 7.60. The third kappa shape index (κ3) is 3.27. The fourth-order valence-electron chi connectivity index (χ4n) is 5.83. The Morgan fingerprint density at radius 3 is 2.82 bits per heavy atom. The second kappa shape index (κ2) is 7.99. The standard InChI is InChI=1S/C23H27ClN8O2/c1-11-15(23(31(2)30-11)32-5-7-34-8-6-32)21-28-19-18(14(24)10-26-22(19)29-21)27-17-13-4-3-12(9-13)16(17)20(25)33/h3-4,10,12-13,16-17H,5-9H2,1-2H3,(H2,25,33)(H2,26,27,28,29)/t12-,13+,16+,17-/m1/s1. The Morgan fingerprint density at radius 2 is 2.06 bits per heavy atom. The van der Waals surface area contributed by atoms with Gasteiger partial charge in [0.2, 0.25) is 5.91 Å². The van der Waals surface area contributed by atoms with Crippen LogP contribution in [0.4, 0.5) is 11.5 Å². The van der Waals surface area contributed by atoms with Crippen molar-refractivity contribution < 1.29 is 9.53 Å². The molecule has 11 heteroatoms. The van der Waals surface area contributed by atoms with Gasteiger partial charge >= 0.3 is 0 Å².